The van der Waals surface area contributed by atoms with Crippen molar-refractivity contribution in [3.63, 3.8) is 0 Å². The van der Waals surface area contributed by atoms with Gasteiger partial charge in [-0.3, -0.25) is 4.79 Å². The second-order valence-corrected chi connectivity index (χ2v) is 5.95. The summed E-state index contributed by atoms with van der Waals surface area (Å²) < 4.78 is 25.3. The highest BCUT2D eigenvalue weighted by Gasteiger charge is 2.29. The van der Waals surface area contributed by atoms with Crippen LogP contribution >= 0.6 is 0 Å². The van der Waals surface area contributed by atoms with E-state index in [4.69, 9.17) is 9.47 Å². The summed E-state index contributed by atoms with van der Waals surface area (Å²) in [7, 11) is 0. The van der Waals surface area contributed by atoms with Crippen LogP contribution in [0.3, 0.4) is 0 Å². The van der Waals surface area contributed by atoms with E-state index in [-0.39, 0.29) is 17.8 Å². The SMILES string of the molecule is C[C@H](OC[C@@H]1CCCO1)C(=O)N1CCCc2cccc(F)c21. The van der Waals surface area contributed by atoms with Gasteiger partial charge in [0.2, 0.25) is 0 Å². The van der Waals surface area contributed by atoms with Crippen LogP contribution in [0.5, 0.6) is 0 Å². The number of para-hydroxylation sites is 1. The molecule has 4 nitrogen and oxygen atoms in total. The molecule has 1 saturated heterocycles. The van der Waals surface area contributed by atoms with Crippen LogP contribution in [0.15, 0.2) is 18.2 Å². The Kier molecular flexibility index (Phi) is 4.74. The van der Waals surface area contributed by atoms with E-state index in [0.717, 1.165) is 37.9 Å². The van der Waals surface area contributed by atoms with Crippen molar-refractivity contribution in [3.8, 4) is 0 Å². The Hall–Kier alpha value is -1.46. The van der Waals surface area contributed by atoms with E-state index < -0.39 is 6.10 Å². The molecule has 1 aromatic carbocycles. The number of rotatable bonds is 4. The maximum atomic E-state index is 14.1. The van der Waals surface area contributed by atoms with Gasteiger partial charge in [-0.2, -0.15) is 0 Å². The lowest BCUT2D eigenvalue weighted by molar-refractivity contribution is -0.131. The summed E-state index contributed by atoms with van der Waals surface area (Å²) in [6.07, 6.45) is 3.17. The molecule has 1 amide bonds. The van der Waals surface area contributed by atoms with Crippen LogP contribution < -0.4 is 4.90 Å². The average Bonchev–Trinajstić information content (AvgIpc) is 3.05. The number of carbonyl (C=O) groups is 1. The van der Waals surface area contributed by atoms with Gasteiger partial charge in [-0.05, 0) is 44.2 Å². The second kappa shape index (κ2) is 6.75. The van der Waals surface area contributed by atoms with Crippen molar-refractivity contribution in [2.24, 2.45) is 0 Å². The zero-order chi connectivity index (χ0) is 15.5. The number of halogens is 1. The Morgan fingerprint density at radius 1 is 1.50 bits per heavy atom. The van der Waals surface area contributed by atoms with Gasteiger partial charge in [0.25, 0.3) is 5.91 Å². The van der Waals surface area contributed by atoms with E-state index in [0.29, 0.717) is 18.8 Å². The normalized spacial score (nSPS) is 22.5. The van der Waals surface area contributed by atoms with E-state index in [1.807, 2.05) is 6.07 Å². The van der Waals surface area contributed by atoms with Gasteiger partial charge >= 0.3 is 0 Å². The molecule has 1 fully saturated rings. The predicted molar refractivity (Wildman–Crippen MR) is 81.5 cm³/mol. The maximum Gasteiger partial charge on any atom is 0.255 e. The molecule has 2 heterocycles. The molecule has 120 valence electrons. The molecular weight excluding hydrogens is 285 g/mol. The largest absolute Gasteiger partial charge is 0.376 e. The zero-order valence-electron chi connectivity index (χ0n) is 12.9. The topological polar surface area (TPSA) is 38.8 Å². The highest BCUT2D eigenvalue weighted by atomic mass is 19.1. The van der Waals surface area contributed by atoms with Gasteiger partial charge in [0, 0.05) is 13.2 Å². The molecule has 0 bridgehead atoms. The second-order valence-electron chi connectivity index (χ2n) is 5.95. The molecule has 2 aliphatic heterocycles. The average molecular weight is 307 g/mol. The molecule has 2 atom stereocenters. The van der Waals surface area contributed by atoms with Crippen molar-refractivity contribution in [2.45, 2.75) is 44.8 Å². The molecule has 0 unspecified atom stereocenters. The number of hydrogen-bond donors (Lipinski definition) is 0. The number of amides is 1. The fraction of sp³-hybridized carbons (Fsp3) is 0.588. The van der Waals surface area contributed by atoms with Crippen LogP contribution in [0.1, 0.15) is 31.7 Å². The van der Waals surface area contributed by atoms with Gasteiger partial charge in [0.1, 0.15) is 11.9 Å². The Bertz CT molecular complexity index is 543. The van der Waals surface area contributed by atoms with Gasteiger partial charge < -0.3 is 14.4 Å². The van der Waals surface area contributed by atoms with E-state index in [1.165, 1.54) is 11.0 Å². The monoisotopic (exact) mass is 307 g/mol. The molecule has 22 heavy (non-hydrogen) atoms. The highest BCUT2D eigenvalue weighted by Crippen LogP contribution is 2.30. The zero-order valence-corrected chi connectivity index (χ0v) is 12.9. The van der Waals surface area contributed by atoms with Crippen molar-refractivity contribution in [1.29, 1.82) is 0 Å². The summed E-state index contributed by atoms with van der Waals surface area (Å²) in [5.74, 6) is -0.513. The lowest BCUT2D eigenvalue weighted by Gasteiger charge is -2.31. The lowest BCUT2D eigenvalue weighted by atomic mass is 10.0. The molecule has 1 aromatic rings. The lowest BCUT2D eigenvalue weighted by Crippen LogP contribution is -2.43. The minimum atomic E-state index is -0.588. The highest BCUT2D eigenvalue weighted by molar-refractivity contribution is 5.97. The summed E-state index contributed by atoms with van der Waals surface area (Å²) in [5.41, 5.74) is 1.32. The molecule has 5 heteroatoms. The Morgan fingerprint density at radius 3 is 3.14 bits per heavy atom. The first-order valence-corrected chi connectivity index (χ1v) is 7.99. The Labute approximate surface area is 130 Å². The van der Waals surface area contributed by atoms with Gasteiger partial charge in [0.05, 0.1) is 18.4 Å². The Morgan fingerprint density at radius 2 is 2.36 bits per heavy atom. The molecule has 0 radical (unpaired) electrons. The van der Waals surface area contributed by atoms with Gasteiger partial charge in [-0.25, -0.2) is 4.39 Å². The van der Waals surface area contributed by atoms with E-state index in [9.17, 15) is 9.18 Å². The first-order valence-electron chi connectivity index (χ1n) is 7.99. The number of hydrogen-bond acceptors (Lipinski definition) is 3. The third-order valence-electron chi connectivity index (χ3n) is 4.34. The fourth-order valence-corrected chi connectivity index (χ4v) is 3.14. The van der Waals surface area contributed by atoms with Crippen LogP contribution in [0.25, 0.3) is 0 Å². The Balaban J connectivity index is 1.67. The molecule has 0 spiro atoms. The number of nitrogens with zero attached hydrogens (tertiary/aromatic N) is 1. The minimum absolute atomic E-state index is 0.0839. The molecule has 2 aliphatic rings. The first kappa shape index (κ1) is 15.4. The summed E-state index contributed by atoms with van der Waals surface area (Å²) in [6.45, 7) is 3.46. The molecule has 0 aromatic heterocycles. The quantitative estimate of drug-likeness (QED) is 0.858. The number of aryl methyl sites for hydroxylation is 1. The predicted octanol–water partition coefficient (Wildman–Crippen LogP) is 2.69. The van der Waals surface area contributed by atoms with E-state index >= 15 is 0 Å². The van der Waals surface area contributed by atoms with Crippen LogP contribution in [-0.4, -0.2) is 37.9 Å². The standard InChI is InChI=1S/C17H22FNO3/c1-12(22-11-14-7-4-10-21-14)17(20)19-9-3-6-13-5-2-8-15(18)16(13)19/h2,5,8,12,14H,3-4,6-7,9-11H2,1H3/t12-,14-/m0/s1. The van der Waals surface area contributed by atoms with Crippen molar-refractivity contribution in [3.05, 3.63) is 29.6 Å². The molecule has 0 saturated carbocycles. The third-order valence-corrected chi connectivity index (χ3v) is 4.34. The first-order chi connectivity index (χ1) is 10.7. The minimum Gasteiger partial charge on any atom is -0.376 e. The summed E-state index contributed by atoms with van der Waals surface area (Å²) in [4.78, 5) is 14.1. The van der Waals surface area contributed by atoms with E-state index in [1.54, 1.807) is 13.0 Å². The fourth-order valence-electron chi connectivity index (χ4n) is 3.14. The smallest absolute Gasteiger partial charge is 0.255 e. The molecular formula is C17H22FNO3. The number of ether oxygens (including phenoxy) is 2. The van der Waals surface area contributed by atoms with Crippen molar-refractivity contribution in [2.75, 3.05) is 24.7 Å². The van der Waals surface area contributed by atoms with Crippen molar-refractivity contribution in [1.82, 2.24) is 0 Å². The third kappa shape index (κ3) is 3.15. The van der Waals surface area contributed by atoms with Crippen LogP contribution in [0, 0.1) is 5.82 Å². The number of benzene rings is 1. The van der Waals surface area contributed by atoms with E-state index in [2.05, 4.69) is 0 Å². The number of fused-ring (bicyclic) bond motifs is 1. The van der Waals surface area contributed by atoms with Crippen molar-refractivity contribution >= 4 is 11.6 Å². The van der Waals surface area contributed by atoms with Crippen LogP contribution in [-0.2, 0) is 20.7 Å². The number of anilines is 1. The van der Waals surface area contributed by atoms with Gasteiger partial charge in [0.15, 0.2) is 0 Å². The molecule has 3 rings (SSSR count). The van der Waals surface area contributed by atoms with Crippen LogP contribution in [0.2, 0.25) is 0 Å². The molecule has 0 N–H and O–H groups in total. The summed E-state index contributed by atoms with van der Waals surface area (Å²) in [5, 5.41) is 0. The molecule has 0 aliphatic carbocycles. The summed E-state index contributed by atoms with van der Waals surface area (Å²) >= 11 is 0. The van der Waals surface area contributed by atoms with Crippen LogP contribution in [0.4, 0.5) is 10.1 Å². The summed E-state index contributed by atoms with van der Waals surface area (Å²) in [6, 6.07) is 4.98. The van der Waals surface area contributed by atoms with Crippen molar-refractivity contribution < 1.29 is 18.7 Å². The number of carbonyl (C=O) groups excluding carboxylic acids is 1. The van der Waals surface area contributed by atoms with Gasteiger partial charge in [-0.1, -0.05) is 12.1 Å². The maximum absolute atomic E-state index is 14.1. The van der Waals surface area contributed by atoms with Gasteiger partial charge in [-0.15, -0.1) is 0 Å².